The first-order chi connectivity index (χ1) is 5.75. The van der Waals surface area contributed by atoms with E-state index in [9.17, 15) is 4.39 Å². The third kappa shape index (κ3) is 0.725. The quantitative estimate of drug-likeness (QED) is 0.485. The summed E-state index contributed by atoms with van der Waals surface area (Å²) in [5, 5.41) is 0. The maximum absolute atomic E-state index is 13.7. The van der Waals surface area contributed by atoms with Crippen LogP contribution < -0.4 is 0 Å². The number of rotatable bonds is 0. The van der Waals surface area contributed by atoms with E-state index in [2.05, 4.69) is 6.58 Å². The van der Waals surface area contributed by atoms with E-state index in [4.69, 9.17) is 0 Å². The standard InChI is InChI=1S/C11H15F/c1-6-8-2-7-3-9(5-8)11(12)10(6)4-7/h7-11H,1-5H2/t7?,8?,9?,10?,11-/m0/s1. The molecule has 0 aromatic carbocycles. The first-order valence-electron chi connectivity index (χ1n) is 5.08. The molecule has 4 saturated carbocycles. The highest BCUT2D eigenvalue weighted by Crippen LogP contribution is 2.56. The molecule has 0 saturated heterocycles. The summed E-state index contributed by atoms with van der Waals surface area (Å²) in [6, 6.07) is 0. The van der Waals surface area contributed by atoms with Gasteiger partial charge in [0, 0.05) is 5.92 Å². The van der Waals surface area contributed by atoms with E-state index in [1.807, 2.05) is 0 Å². The lowest BCUT2D eigenvalue weighted by Gasteiger charge is -2.52. The predicted octanol–water partition coefficient (Wildman–Crippen LogP) is 2.95. The van der Waals surface area contributed by atoms with Gasteiger partial charge in [0.05, 0.1) is 0 Å². The van der Waals surface area contributed by atoms with Crippen LogP contribution in [0, 0.1) is 23.7 Å². The van der Waals surface area contributed by atoms with Gasteiger partial charge >= 0.3 is 0 Å². The molecule has 0 amide bonds. The first-order valence-corrected chi connectivity index (χ1v) is 5.08. The van der Waals surface area contributed by atoms with Gasteiger partial charge in [0.15, 0.2) is 0 Å². The molecule has 66 valence electrons. The highest BCUT2D eigenvalue weighted by Gasteiger charge is 2.50. The Balaban J connectivity index is 1.98. The molecule has 4 bridgehead atoms. The van der Waals surface area contributed by atoms with Crippen molar-refractivity contribution < 1.29 is 4.39 Å². The van der Waals surface area contributed by atoms with Gasteiger partial charge in [-0.25, -0.2) is 4.39 Å². The molecule has 4 rings (SSSR count). The summed E-state index contributed by atoms with van der Waals surface area (Å²) in [6.45, 7) is 4.06. The van der Waals surface area contributed by atoms with Crippen LogP contribution in [-0.2, 0) is 0 Å². The highest BCUT2D eigenvalue weighted by atomic mass is 19.1. The minimum absolute atomic E-state index is 0.251. The van der Waals surface area contributed by atoms with Crippen LogP contribution in [0.5, 0.6) is 0 Å². The molecule has 0 N–H and O–H groups in total. The van der Waals surface area contributed by atoms with Crippen molar-refractivity contribution in [3.8, 4) is 0 Å². The molecule has 1 heteroatoms. The van der Waals surface area contributed by atoms with Crippen LogP contribution in [0.15, 0.2) is 12.2 Å². The average molecular weight is 166 g/mol. The number of allylic oxidation sites excluding steroid dienone is 1. The van der Waals surface area contributed by atoms with E-state index in [0.29, 0.717) is 11.8 Å². The number of alkyl halides is 1. The summed E-state index contributed by atoms with van der Waals surface area (Å²) < 4.78 is 13.7. The van der Waals surface area contributed by atoms with E-state index in [1.54, 1.807) is 0 Å². The lowest BCUT2D eigenvalue weighted by atomic mass is 9.54. The van der Waals surface area contributed by atoms with Crippen molar-refractivity contribution in [3.63, 3.8) is 0 Å². The van der Waals surface area contributed by atoms with Crippen molar-refractivity contribution in [2.24, 2.45) is 23.7 Å². The fourth-order valence-electron chi connectivity index (χ4n) is 3.72. The van der Waals surface area contributed by atoms with Crippen LogP contribution in [0.2, 0.25) is 0 Å². The van der Waals surface area contributed by atoms with Crippen molar-refractivity contribution in [1.82, 2.24) is 0 Å². The number of hydrogen-bond acceptors (Lipinski definition) is 0. The van der Waals surface area contributed by atoms with Crippen LogP contribution in [0.1, 0.15) is 25.7 Å². The Kier molecular flexibility index (Phi) is 1.26. The van der Waals surface area contributed by atoms with Crippen LogP contribution in [0.4, 0.5) is 4.39 Å². The van der Waals surface area contributed by atoms with Gasteiger partial charge in [-0.15, -0.1) is 0 Å². The Labute approximate surface area is 72.8 Å². The molecule has 0 aromatic heterocycles. The fraction of sp³-hybridized carbons (Fsp3) is 0.818. The molecule has 0 nitrogen and oxygen atoms in total. The van der Waals surface area contributed by atoms with Crippen LogP contribution in [0.3, 0.4) is 0 Å². The molecular formula is C11H15F. The molecule has 0 heterocycles. The van der Waals surface area contributed by atoms with Gasteiger partial charge in [-0.05, 0) is 43.4 Å². The van der Waals surface area contributed by atoms with E-state index < -0.39 is 6.17 Å². The second kappa shape index (κ2) is 2.12. The highest BCUT2D eigenvalue weighted by molar-refractivity contribution is 5.19. The Bertz CT molecular complexity index is 233. The van der Waals surface area contributed by atoms with Crippen LogP contribution >= 0.6 is 0 Å². The third-order valence-electron chi connectivity index (χ3n) is 4.26. The maximum atomic E-state index is 13.7. The summed E-state index contributed by atoms with van der Waals surface area (Å²) in [7, 11) is 0. The SMILES string of the molecule is C=C1C2CC3CC(C2)[C@H](F)C1C3. The average Bonchev–Trinajstić information content (AvgIpc) is 2.07. The van der Waals surface area contributed by atoms with E-state index in [0.717, 1.165) is 18.8 Å². The summed E-state index contributed by atoms with van der Waals surface area (Å²) in [5.74, 6) is 2.19. The van der Waals surface area contributed by atoms with Crippen molar-refractivity contribution in [2.75, 3.05) is 0 Å². The molecule has 0 aromatic rings. The largest absolute Gasteiger partial charge is 0.247 e. The summed E-state index contributed by atoms with van der Waals surface area (Å²) in [6.07, 6.45) is 4.16. The fourth-order valence-corrected chi connectivity index (χ4v) is 3.72. The molecule has 4 unspecified atom stereocenters. The van der Waals surface area contributed by atoms with Gasteiger partial charge in [0.1, 0.15) is 6.17 Å². The Morgan fingerprint density at radius 1 is 1.17 bits per heavy atom. The van der Waals surface area contributed by atoms with E-state index >= 15 is 0 Å². The van der Waals surface area contributed by atoms with Gasteiger partial charge in [0.2, 0.25) is 0 Å². The van der Waals surface area contributed by atoms with Gasteiger partial charge in [-0.1, -0.05) is 12.2 Å². The van der Waals surface area contributed by atoms with E-state index in [-0.39, 0.29) is 5.92 Å². The van der Waals surface area contributed by atoms with Crippen LogP contribution in [-0.4, -0.2) is 6.17 Å². The first kappa shape index (κ1) is 7.11. The summed E-state index contributed by atoms with van der Waals surface area (Å²) >= 11 is 0. The van der Waals surface area contributed by atoms with Crippen molar-refractivity contribution >= 4 is 0 Å². The van der Waals surface area contributed by atoms with Crippen molar-refractivity contribution in [2.45, 2.75) is 31.9 Å². The summed E-state index contributed by atoms with van der Waals surface area (Å²) in [4.78, 5) is 0. The third-order valence-corrected chi connectivity index (χ3v) is 4.26. The Hall–Kier alpha value is -0.330. The number of hydrogen-bond donors (Lipinski definition) is 0. The number of halogens is 1. The minimum atomic E-state index is -0.537. The Morgan fingerprint density at radius 3 is 2.83 bits per heavy atom. The Morgan fingerprint density at radius 2 is 2.00 bits per heavy atom. The van der Waals surface area contributed by atoms with Crippen LogP contribution in [0.25, 0.3) is 0 Å². The van der Waals surface area contributed by atoms with E-state index in [1.165, 1.54) is 18.4 Å². The molecular weight excluding hydrogens is 151 g/mol. The smallest absolute Gasteiger partial charge is 0.109 e. The lowest BCUT2D eigenvalue weighted by Crippen LogP contribution is -2.47. The van der Waals surface area contributed by atoms with Gasteiger partial charge < -0.3 is 0 Å². The molecule has 4 aliphatic rings. The second-order valence-electron chi connectivity index (χ2n) is 4.89. The minimum Gasteiger partial charge on any atom is -0.247 e. The van der Waals surface area contributed by atoms with Gasteiger partial charge in [-0.3, -0.25) is 0 Å². The zero-order valence-corrected chi connectivity index (χ0v) is 7.30. The predicted molar refractivity (Wildman–Crippen MR) is 46.5 cm³/mol. The monoisotopic (exact) mass is 166 g/mol. The van der Waals surface area contributed by atoms with Crippen molar-refractivity contribution in [1.29, 1.82) is 0 Å². The normalized spacial score (nSPS) is 56.4. The zero-order chi connectivity index (χ0) is 8.29. The van der Waals surface area contributed by atoms with Crippen molar-refractivity contribution in [3.05, 3.63) is 12.2 Å². The second-order valence-corrected chi connectivity index (χ2v) is 4.89. The molecule has 0 aliphatic heterocycles. The van der Waals surface area contributed by atoms with Gasteiger partial charge in [-0.2, -0.15) is 0 Å². The molecule has 12 heavy (non-hydrogen) atoms. The zero-order valence-electron chi connectivity index (χ0n) is 7.30. The molecule has 5 atom stereocenters. The topological polar surface area (TPSA) is 0 Å². The summed E-state index contributed by atoms with van der Waals surface area (Å²) in [5.41, 5.74) is 1.25. The maximum Gasteiger partial charge on any atom is 0.109 e. The van der Waals surface area contributed by atoms with Gasteiger partial charge in [0.25, 0.3) is 0 Å². The molecule has 0 spiro atoms. The molecule has 4 aliphatic carbocycles. The molecule has 4 fully saturated rings. The molecule has 0 radical (unpaired) electrons. The lowest BCUT2D eigenvalue weighted by molar-refractivity contribution is -0.0110.